The molecule has 21 heavy (non-hydrogen) atoms. The standard InChI is InChI=1S/C16H19N3O2/c1-2-18-10-8-17-14(18)11-19-9-7-12-5-3-4-6-13(12)15(19)16(20)21/h3-6,8,10,15H,2,7,9,11H2,1H3,(H,20,21). The van der Waals surface area contributed by atoms with Crippen molar-refractivity contribution in [3.05, 3.63) is 53.6 Å². The van der Waals surface area contributed by atoms with Gasteiger partial charge in [-0.1, -0.05) is 24.3 Å². The molecule has 0 fully saturated rings. The van der Waals surface area contributed by atoms with Gasteiger partial charge in [-0.25, -0.2) is 4.98 Å². The van der Waals surface area contributed by atoms with Crippen LogP contribution in [0.15, 0.2) is 36.7 Å². The first-order valence-electron chi connectivity index (χ1n) is 7.25. The number of benzene rings is 1. The Morgan fingerprint density at radius 2 is 2.24 bits per heavy atom. The van der Waals surface area contributed by atoms with Crippen LogP contribution in [0.2, 0.25) is 0 Å². The summed E-state index contributed by atoms with van der Waals surface area (Å²) in [5, 5.41) is 9.64. The van der Waals surface area contributed by atoms with Gasteiger partial charge in [0, 0.05) is 25.5 Å². The minimum Gasteiger partial charge on any atom is -0.480 e. The minimum atomic E-state index is -0.795. The van der Waals surface area contributed by atoms with Crippen molar-refractivity contribution in [1.29, 1.82) is 0 Å². The molecule has 1 aliphatic heterocycles. The summed E-state index contributed by atoms with van der Waals surface area (Å²) in [4.78, 5) is 18.1. The molecule has 0 amide bonds. The summed E-state index contributed by atoms with van der Waals surface area (Å²) < 4.78 is 2.05. The monoisotopic (exact) mass is 285 g/mol. The highest BCUT2D eigenvalue weighted by Crippen LogP contribution is 2.30. The number of nitrogens with zero attached hydrogens (tertiary/aromatic N) is 3. The second-order valence-electron chi connectivity index (χ2n) is 5.29. The molecular weight excluding hydrogens is 266 g/mol. The van der Waals surface area contributed by atoms with Crippen molar-refractivity contribution in [1.82, 2.24) is 14.5 Å². The third-order valence-electron chi connectivity index (χ3n) is 4.10. The molecule has 1 N–H and O–H groups in total. The van der Waals surface area contributed by atoms with E-state index in [1.165, 1.54) is 0 Å². The van der Waals surface area contributed by atoms with E-state index in [0.29, 0.717) is 6.54 Å². The summed E-state index contributed by atoms with van der Waals surface area (Å²) in [5.41, 5.74) is 2.05. The first kappa shape index (κ1) is 13.8. The highest BCUT2D eigenvalue weighted by molar-refractivity contribution is 5.76. The lowest BCUT2D eigenvalue weighted by atomic mass is 9.92. The minimum absolute atomic E-state index is 0.562. The molecule has 5 heteroatoms. The van der Waals surface area contributed by atoms with Crippen LogP contribution < -0.4 is 0 Å². The number of hydrogen-bond acceptors (Lipinski definition) is 3. The molecule has 110 valence electrons. The number of carboxylic acid groups (broad SMARTS) is 1. The van der Waals surface area contributed by atoms with Crippen molar-refractivity contribution in [3.63, 3.8) is 0 Å². The van der Waals surface area contributed by atoms with Gasteiger partial charge in [0.05, 0.1) is 6.54 Å². The predicted molar refractivity (Wildman–Crippen MR) is 78.8 cm³/mol. The van der Waals surface area contributed by atoms with Gasteiger partial charge >= 0.3 is 5.97 Å². The molecule has 3 rings (SSSR count). The van der Waals surface area contributed by atoms with E-state index >= 15 is 0 Å². The molecule has 2 aromatic rings. The van der Waals surface area contributed by atoms with E-state index in [9.17, 15) is 9.90 Å². The van der Waals surface area contributed by atoms with Crippen LogP contribution >= 0.6 is 0 Å². The summed E-state index contributed by atoms with van der Waals surface area (Å²) >= 11 is 0. The summed E-state index contributed by atoms with van der Waals surface area (Å²) in [6.45, 7) is 4.21. The van der Waals surface area contributed by atoms with Gasteiger partial charge in [-0.3, -0.25) is 9.69 Å². The molecule has 0 bridgehead atoms. The zero-order chi connectivity index (χ0) is 14.8. The van der Waals surface area contributed by atoms with Crippen LogP contribution in [0.25, 0.3) is 0 Å². The lowest BCUT2D eigenvalue weighted by Gasteiger charge is -2.34. The van der Waals surface area contributed by atoms with E-state index in [1.54, 1.807) is 6.20 Å². The number of rotatable bonds is 4. The van der Waals surface area contributed by atoms with Crippen LogP contribution in [0.4, 0.5) is 0 Å². The van der Waals surface area contributed by atoms with Crippen molar-refractivity contribution in [2.75, 3.05) is 6.54 Å². The van der Waals surface area contributed by atoms with Gasteiger partial charge in [0.1, 0.15) is 11.9 Å². The summed E-state index contributed by atoms with van der Waals surface area (Å²) in [5.74, 6) is 0.125. The molecule has 0 saturated carbocycles. The first-order valence-corrected chi connectivity index (χ1v) is 7.25. The fraction of sp³-hybridized carbons (Fsp3) is 0.375. The van der Waals surface area contributed by atoms with Crippen molar-refractivity contribution in [2.45, 2.75) is 32.5 Å². The molecule has 1 aromatic carbocycles. The van der Waals surface area contributed by atoms with Crippen LogP contribution in [0.5, 0.6) is 0 Å². The Morgan fingerprint density at radius 1 is 1.43 bits per heavy atom. The van der Waals surface area contributed by atoms with Gasteiger partial charge in [0.2, 0.25) is 0 Å². The third-order valence-corrected chi connectivity index (χ3v) is 4.10. The molecule has 1 aromatic heterocycles. The zero-order valence-electron chi connectivity index (χ0n) is 12.1. The average molecular weight is 285 g/mol. The highest BCUT2D eigenvalue weighted by atomic mass is 16.4. The Balaban J connectivity index is 1.91. The fourth-order valence-corrected chi connectivity index (χ4v) is 3.04. The molecule has 1 atom stereocenters. The van der Waals surface area contributed by atoms with Crippen LogP contribution in [-0.4, -0.2) is 32.1 Å². The number of aryl methyl sites for hydroxylation is 1. The van der Waals surface area contributed by atoms with E-state index in [1.807, 2.05) is 35.4 Å². The molecule has 5 nitrogen and oxygen atoms in total. The second-order valence-corrected chi connectivity index (χ2v) is 5.29. The lowest BCUT2D eigenvalue weighted by Crippen LogP contribution is -2.39. The largest absolute Gasteiger partial charge is 0.480 e. The number of hydrogen-bond donors (Lipinski definition) is 1. The second kappa shape index (κ2) is 5.69. The van der Waals surface area contributed by atoms with Gasteiger partial charge in [-0.15, -0.1) is 0 Å². The lowest BCUT2D eigenvalue weighted by molar-refractivity contribution is -0.144. The molecule has 0 saturated heterocycles. The average Bonchev–Trinajstić information content (AvgIpc) is 2.93. The van der Waals surface area contributed by atoms with Crippen molar-refractivity contribution in [2.24, 2.45) is 0 Å². The molecule has 0 radical (unpaired) electrons. The zero-order valence-corrected chi connectivity index (χ0v) is 12.1. The van der Waals surface area contributed by atoms with E-state index < -0.39 is 12.0 Å². The number of fused-ring (bicyclic) bond motifs is 1. The number of aromatic nitrogens is 2. The molecule has 2 heterocycles. The Bertz CT molecular complexity index is 650. The summed E-state index contributed by atoms with van der Waals surface area (Å²) in [7, 11) is 0. The Morgan fingerprint density at radius 3 is 3.00 bits per heavy atom. The smallest absolute Gasteiger partial charge is 0.325 e. The summed E-state index contributed by atoms with van der Waals surface area (Å²) in [6.07, 6.45) is 4.59. The predicted octanol–water partition coefficient (Wildman–Crippen LogP) is 2.09. The summed E-state index contributed by atoms with van der Waals surface area (Å²) in [6, 6.07) is 7.24. The van der Waals surface area contributed by atoms with Crippen LogP contribution in [0, 0.1) is 0 Å². The van der Waals surface area contributed by atoms with Gasteiger partial charge in [-0.2, -0.15) is 0 Å². The van der Waals surface area contributed by atoms with Crippen molar-refractivity contribution in [3.8, 4) is 0 Å². The normalized spacial score (nSPS) is 18.4. The third kappa shape index (κ3) is 2.56. The van der Waals surface area contributed by atoms with Gasteiger partial charge in [0.25, 0.3) is 0 Å². The highest BCUT2D eigenvalue weighted by Gasteiger charge is 2.33. The van der Waals surface area contributed by atoms with Crippen LogP contribution in [0.3, 0.4) is 0 Å². The topological polar surface area (TPSA) is 58.4 Å². The maximum atomic E-state index is 11.7. The van der Waals surface area contributed by atoms with E-state index in [0.717, 1.165) is 36.5 Å². The number of carbonyl (C=O) groups is 1. The SMILES string of the molecule is CCn1ccnc1CN1CCc2ccccc2C1C(=O)O. The van der Waals surface area contributed by atoms with Crippen molar-refractivity contribution < 1.29 is 9.90 Å². The fourth-order valence-electron chi connectivity index (χ4n) is 3.04. The van der Waals surface area contributed by atoms with E-state index in [2.05, 4.69) is 16.5 Å². The molecule has 0 aliphatic carbocycles. The maximum Gasteiger partial charge on any atom is 0.325 e. The van der Waals surface area contributed by atoms with Gasteiger partial charge in [0.15, 0.2) is 0 Å². The quantitative estimate of drug-likeness (QED) is 0.934. The van der Waals surface area contributed by atoms with E-state index in [-0.39, 0.29) is 0 Å². The Kier molecular flexibility index (Phi) is 3.75. The van der Waals surface area contributed by atoms with Crippen LogP contribution in [-0.2, 0) is 24.3 Å². The molecule has 1 aliphatic rings. The number of carboxylic acids is 1. The van der Waals surface area contributed by atoms with E-state index in [4.69, 9.17) is 0 Å². The maximum absolute atomic E-state index is 11.7. The molecule has 1 unspecified atom stereocenters. The Labute approximate surface area is 123 Å². The first-order chi connectivity index (χ1) is 10.2. The van der Waals surface area contributed by atoms with Gasteiger partial charge < -0.3 is 9.67 Å². The molecular formula is C16H19N3O2. The van der Waals surface area contributed by atoms with Gasteiger partial charge in [-0.05, 0) is 24.5 Å². The number of imidazole rings is 1. The molecule has 0 spiro atoms. The Hall–Kier alpha value is -2.14. The van der Waals surface area contributed by atoms with Crippen molar-refractivity contribution >= 4 is 5.97 Å². The van der Waals surface area contributed by atoms with Crippen LogP contribution in [0.1, 0.15) is 29.9 Å². The number of aliphatic carboxylic acids is 1.